The van der Waals surface area contributed by atoms with E-state index in [4.69, 9.17) is 4.74 Å². The Hall–Kier alpha value is -1.09. The third-order valence-electron chi connectivity index (χ3n) is 3.13. The van der Waals surface area contributed by atoms with Gasteiger partial charge in [0, 0.05) is 11.6 Å². The zero-order chi connectivity index (χ0) is 12.3. The molecular formula is C14H20FNO. The lowest BCUT2D eigenvalue weighted by atomic mass is 9.99. The molecule has 1 aromatic carbocycles. The summed E-state index contributed by atoms with van der Waals surface area (Å²) in [5.41, 5.74) is -0.738. The Morgan fingerprint density at radius 1 is 1.41 bits per heavy atom. The largest absolute Gasteiger partial charge is 0.492 e. The summed E-state index contributed by atoms with van der Waals surface area (Å²) in [5, 5.41) is 3.37. The van der Waals surface area contributed by atoms with E-state index in [0.29, 0.717) is 24.0 Å². The summed E-state index contributed by atoms with van der Waals surface area (Å²) < 4.78 is 19.7. The zero-order valence-electron chi connectivity index (χ0n) is 10.5. The Morgan fingerprint density at radius 2 is 2.18 bits per heavy atom. The van der Waals surface area contributed by atoms with E-state index in [9.17, 15) is 4.39 Å². The van der Waals surface area contributed by atoms with Crippen LogP contribution in [0.5, 0.6) is 5.75 Å². The van der Waals surface area contributed by atoms with Crippen molar-refractivity contribution in [2.24, 2.45) is 0 Å². The summed E-state index contributed by atoms with van der Waals surface area (Å²) in [7, 11) is 0. The van der Waals surface area contributed by atoms with Crippen molar-refractivity contribution in [3.63, 3.8) is 0 Å². The molecule has 3 heteroatoms. The molecule has 2 nitrogen and oxygen atoms in total. The van der Waals surface area contributed by atoms with Crippen LogP contribution in [0.15, 0.2) is 24.3 Å². The highest BCUT2D eigenvalue weighted by Gasteiger charge is 2.23. The fraction of sp³-hybridized carbons (Fsp3) is 0.571. The standard InChI is InChI=1S/C14H20FNO/c1-14(2,15)12-7-3-4-8-13(12)17-10-11-6-5-9-16-11/h3-4,7-8,11,16H,5-6,9-10H2,1-2H3. The minimum Gasteiger partial charge on any atom is -0.492 e. The quantitative estimate of drug-likeness (QED) is 0.869. The van der Waals surface area contributed by atoms with Crippen molar-refractivity contribution in [1.82, 2.24) is 5.32 Å². The monoisotopic (exact) mass is 237 g/mol. The molecule has 0 aromatic heterocycles. The average Bonchev–Trinajstić information content (AvgIpc) is 2.78. The van der Waals surface area contributed by atoms with Gasteiger partial charge in [-0.25, -0.2) is 4.39 Å². The molecule has 2 rings (SSSR count). The SMILES string of the molecule is CC(C)(F)c1ccccc1OCC1CCCN1. The van der Waals surface area contributed by atoms with Gasteiger partial charge in [0.1, 0.15) is 18.0 Å². The highest BCUT2D eigenvalue weighted by Crippen LogP contribution is 2.32. The molecular weight excluding hydrogens is 217 g/mol. The first-order chi connectivity index (χ1) is 8.07. The number of benzene rings is 1. The molecule has 1 N–H and O–H groups in total. The molecule has 1 heterocycles. The molecule has 1 atom stereocenters. The Bertz CT molecular complexity index is 367. The van der Waals surface area contributed by atoms with E-state index >= 15 is 0 Å². The highest BCUT2D eigenvalue weighted by molar-refractivity contribution is 5.37. The highest BCUT2D eigenvalue weighted by atomic mass is 19.1. The van der Waals surface area contributed by atoms with Gasteiger partial charge < -0.3 is 10.1 Å². The fourth-order valence-electron chi connectivity index (χ4n) is 2.17. The predicted octanol–water partition coefficient (Wildman–Crippen LogP) is 3.02. The van der Waals surface area contributed by atoms with Crippen LogP contribution in [0, 0.1) is 0 Å². The first-order valence-corrected chi connectivity index (χ1v) is 6.22. The number of hydrogen-bond acceptors (Lipinski definition) is 2. The van der Waals surface area contributed by atoms with Crippen molar-refractivity contribution >= 4 is 0 Å². The lowest BCUT2D eigenvalue weighted by molar-refractivity contribution is 0.203. The van der Waals surface area contributed by atoms with Crippen molar-refractivity contribution in [1.29, 1.82) is 0 Å². The maximum absolute atomic E-state index is 14.0. The van der Waals surface area contributed by atoms with Gasteiger partial charge in [0.25, 0.3) is 0 Å². The first kappa shape index (κ1) is 12.4. The number of para-hydroxylation sites is 1. The van der Waals surface area contributed by atoms with Crippen LogP contribution in [0.3, 0.4) is 0 Å². The van der Waals surface area contributed by atoms with Crippen molar-refractivity contribution in [3.05, 3.63) is 29.8 Å². The van der Waals surface area contributed by atoms with Crippen molar-refractivity contribution in [2.75, 3.05) is 13.2 Å². The molecule has 1 aliphatic rings. The van der Waals surface area contributed by atoms with E-state index in [0.717, 1.165) is 13.0 Å². The van der Waals surface area contributed by atoms with E-state index in [2.05, 4.69) is 5.32 Å². The van der Waals surface area contributed by atoms with Crippen LogP contribution in [0.1, 0.15) is 32.3 Å². The van der Waals surface area contributed by atoms with E-state index < -0.39 is 5.67 Å². The normalized spacial score (nSPS) is 20.5. The Kier molecular flexibility index (Phi) is 3.67. The summed E-state index contributed by atoms with van der Waals surface area (Å²) in [6.07, 6.45) is 2.34. The minimum atomic E-state index is -1.36. The topological polar surface area (TPSA) is 21.3 Å². The molecule has 0 amide bonds. The van der Waals surface area contributed by atoms with Gasteiger partial charge in [0.05, 0.1) is 0 Å². The van der Waals surface area contributed by atoms with Crippen LogP contribution >= 0.6 is 0 Å². The Labute approximate surface area is 102 Å². The van der Waals surface area contributed by atoms with Crippen molar-refractivity contribution < 1.29 is 9.13 Å². The third kappa shape index (κ3) is 3.19. The van der Waals surface area contributed by atoms with Gasteiger partial charge >= 0.3 is 0 Å². The zero-order valence-corrected chi connectivity index (χ0v) is 10.5. The van der Waals surface area contributed by atoms with Crippen LogP contribution in [0.25, 0.3) is 0 Å². The van der Waals surface area contributed by atoms with Gasteiger partial charge in [-0.2, -0.15) is 0 Å². The molecule has 1 aromatic rings. The van der Waals surface area contributed by atoms with E-state index in [1.807, 2.05) is 18.2 Å². The smallest absolute Gasteiger partial charge is 0.134 e. The van der Waals surface area contributed by atoms with E-state index in [1.54, 1.807) is 19.9 Å². The average molecular weight is 237 g/mol. The molecule has 1 saturated heterocycles. The van der Waals surface area contributed by atoms with Crippen LogP contribution in [0.4, 0.5) is 4.39 Å². The second-order valence-electron chi connectivity index (χ2n) is 5.07. The first-order valence-electron chi connectivity index (χ1n) is 6.22. The lowest BCUT2D eigenvalue weighted by Crippen LogP contribution is -2.28. The number of hydrogen-bond donors (Lipinski definition) is 1. The number of ether oxygens (including phenoxy) is 1. The van der Waals surface area contributed by atoms with E-state index in [-0.39, 0.29) is 0 Å². The molecule has 1 aliphatic heterocycles. The second-order valence-corrected chi connectivity index (χ2v) is 5.07. The molecule has 1 unspecified atom stereocenters. The third-order valence-corrected chi connectivity index (χ3v) is 3.13. The fourth-order valence-corrected chi connectivity index (χ4v) is 2.17. The Morgan fingerprint density at radius 3 is 2.82 bits per heavy atom. The molecule has 1 fully saturated rings. The minimum absolute atomic E-state index is 0.408. The van der Waals surface area contributed by atoms with Gasteiger partial charge in [-0.15, -0.1) is 0 Å². The lowest BCUT2D eigenvalue weighted by Gasteiger charge is -2.20. The molecule has 0 aliphatic carbocycles. The van der Waals surface area contributed by atoms with Gasteiger partial charge in [0.2, 0.25) is 0 Å². The summed E-state index contributed by atoms with van der Waals surface area (Å²) in [4.78, 5) is 0. The van der Waals surface area contributed by atoms with Crippen LogP contribution in [-0.2, 0) is 5.67 Å². The molecule has 0 bridgehead atoms. The Balaban J connectivity index is 2.04. The van der Waals surface area contributed by atoms with E-state index in [1.165, 1.54) is 6.42 Å². The summed E-state index contributed by atoms with van der Waals surface area (Å²) in [6.45, 7) is 4.80. The molecule has 17 heavy (non-hydrogen) atoms. The van der Waals surface area contributed by atoms with Crippen LogP contribution in [-0.4, -0.2) is 19.2 Å². The number of rotatable bonds is 4. The van der Waals surface area contributed by atoms with Crippen LogP contribution < -0.4 is 10.1 Å². The van der Waals surface area contributed by atoms with Crippen LogP contribution in [0.2, 0.25) is 0 Å². The molecule has 0 radical (unpaired) electrons. The van der Waals surface area contributed by atoms with Gasteiger partial charge in [-0.3, -0.25) is 0 Å². The maximum atomic E-state index is 14.0. The van der Waals surface area contributed by atoms with Gasteiger partial charge in [-0.05, 0) is 39.3 Å². The molecule has 94 valence electrons. The molecule has 0 spiro atoms. The predicted molar refractivity (Wildman–Crippen MR) is 67.1 cm³/mol. The molecule has 0 saturated carbocycles. The number of nitrogens with one attached hydrogen (secondary N) is 1. The summed E-state index contributed by atoms with van der Waals surface area (Å²) in [5.74, 6) is 0.661. The number of alkyl halides is 1. The van der Waals surface area contributed by atoms with Gasteiger partial charge in [-0.1, -0.05) is 18.2 Å². The van der Waals surface area contributed by atoms with Crippen molar-refractivity contribution in [3.8, 4) is 5.75 Å². The summed E-state index contributed by atoms with van der Waals surface area (Å²) >= 11 is 0. The number of halogens is 1. The van der Waals surface area contributed by atoms with Gasteiger partial charge in [0.15, 0.2) is 0 Å². The second kappa shape index (κ2) is 5.05. The maximum Gasteiger partial charge on any atom is 0.134 e. The summed E-state index contributed by atoms with van der Waals surface area (Å²) in [6, 6.07) is 7.76. The van der Waals surface area contributed by atoms with Crippen molar-refractivity contribution in [2.45, 2.75) is 38.4 Å².